The third-order valence-electron chi connectivity index (χ3n) is 5.13. The van der Waals surface area contributed by atoms with Gasteiger partial charge in [0.15, 0.2) is 5.78 Å². The zero-order valence-corrected chi connectivity index (χ0v) is 18.7. The lowest BCUT2D eigenvalue weighted by Crippen LogP contribution is -2.49. The molecule has 4 N–H and O–H groups in total. The van der Waals surface area contributed by atoms with Crippen LogP contribution in [0.2, 0.25) is 0 Å². The van der Waals surface area contributed by atoms with Crippen LogP contribution in [0.3, 0.4) is 0 Å². The van der Waals surface area contributed by atoms with Gasteiger partial charge in [0.05, 0.1) is 6.04 Å². The molecule has 0 radical (unpaired) electrons. The van der Waals surface area contributed by atoms with Crippen LogP contribution in [0.4, 0.5) is 0 Å². The highest BCUT2D eigenvalue weighted by Gasteiger charge is 2.32. The van der Waals surface area contributed by atoms with Crippen molar-refractivity contribution in [3.63, 3.8) is 0 Å². The maximum atomic E-state index is 12.9. The third kappa shape index (κ3) is 9.37. The Bertz CT molecular complexity index is 631. The van der Waals surface area contributed by atoms with Gasteiger partial charge in [0.25, 0.3) is 0 Å². The first-order chi connectivity index (χ1) is 13.8. The average Bonchev–Trinajstić information content (AvgIpc) is 2.64. The van der Waals surface area contributed by atoms with Crippen molar-refractivity contribution >= 4 is 29.5 Å². The summed E-state index contributed by atoms with van der Waals surface area (Å²) in [6.07, 6.45) is -0.120. The van der Waals surface area contributed by atoms with Crippen molar-refractivity contribution in [2.45, 2.75) is 79.3 Å². The van der Waals surface area contributed by atoms with Gasteiger partial charge in [0.1, 0.15) is 6.04 Å². The average molecular weight is 429 g/mol. The Balaban J connectivity index is 5.47. The van der Waals surface area contributed by atoms with Gasteiger partial charge in [-0.3, -0.25) is 19.2 Å². The molecule has 0 rings (SSSR count). The highest BCUT2D eigenvalue weighted by molar-refractivity contribution is 5.94. The lowest BCUT2D eigenvalue weighted by Gasteiger charge is -2.26. The summed E-state index contributed by atoms with van der Waals surface area (Å²) in [4.78, 5) is 60.2. The summed E-state index contributed by atoms with van der Waals surface area (Å²) < 4.78 is 0. The van der Waals surface area contributed by atoms with Crippen LogP contribution in [0.5, 0.6) is 0 Å². The van der Waals surface area contributed by atoms with E-state index in [1.54, 1.807) is 34.6 Å². The van der Waals surface area contributed by atoms with Crippen LogP contribution in [0.25, 0.3) is 0 Å². The quantitative estimate of drug-likeness (QED) is 0.330. The fourth-order valence-electron chi connectivity index (χ4n) is 2.88. The van der Waals surface area contributed by atoms with E-state index >= 15 is 0 Å². The van der Waals surface area contributed by atoms with Gasteiger partial charge >= 0.3 is 11.9 Å². The SMILES string of the molecule is CC[C@@H](C)C(=O)N[C@H](C(=O)C[C@@H](CCC(=O)O)C(=O)N[C@H](C(=O)O)C(C)C)C(C)C. The first kappa shape index (κ1) is 27.5. The molecular formula is C21H36N2O7. The number of carboxylic acids is 2. The van der Waals surface area contributed by atoms with Crippen LogP contribution in [-0.4, -0.2) is 51.8 Å². The second-order valence-electron chi connectivity index (χ2n) is 8.41. The van der Waals surface area contributed by atoms with E-state index in [1.807, 2.05) is 6.92 Å². The topological polar surface area (TPSA) is 150 Å². The maximum absolute atomic E-state index is 12.9. The number of aliphatic carboxylic acids is 2. The molecule has 0 aromatic carbocycles. The molecule has 4 atom stereocenters. The van der Waals surface area contributed by atoms with E-state index in [1.165, 1.54) is 0 Å². The molecule has 2 amide bonds. The number of hydrogen-bond acceptors (Lipinski definition) is 5. The Kier molecular flexibility index (Phi) is 11.9. The van der Waals surface area contributed by atoms with E-state index in [0.29, 0.717) is 6.42 Å². The van der Waals surface area contributed by atoms with Gasteiger partial charge in [-0.15, -0.1) is 0 Å². The van der Waals surface area contributed by atoms with E-state index in [9.17, 15) is 29.1 Å². The number of carbonyl (C=O) groups is 5. The van der Waals surface area contributed by atoms with Crippen LogP contribution >= 0.6 is 0 Å². The zero-order valence-electron chi connectivity index (χ0n) is 18.7. The van der Waals surface area contributed by atoms with Crippen molar-refractivity contribution in [2.75, 3.05) is 0 Å². The van der Waals surface area contributed by atoms with Crippen molar-refractivity contribution in [3.05, 3.63) is 0 Å². The fraction of sp³-hybridized carbons (Fsp3) is 0.762. The van der Waals surface area contributed by atoms with Crippen molar-refractivity contribution in [2.24, 2.45) is 23.7 Å². The van der Waals surface area contributed by atoms with Crippen LogP contribution < -0.4 is 10.6 Å². The Morgan fingerprint density at radius 1 is 0.800 bits per heavy atom. The van der Waals surface area contributed by atoms with Crippen LogP contribution in [0.1, 0.15) is 67.2 Å². The summed E-state index contributed by atoms with van der Waals surface area (Å²) in [5.41, 5.74) is 0. The van der Waals surface area contributed by atoms with Crippen molar-refractivity contribution in [1.82, 2.24) is 10.6 Å². The molecule has 9 nitrogen and oxygen atoms in total. The molecule has 0 aliphatic rings. The van der Waals surface area contributed by atoms with Crippen LogP contribution in [-0.2, 0) is 24.0 Å². The number of amides is 2. The summed E-state index contributed by atoms with van der Waals surface area (Å²) in [6, 6.07) is -1.96. The molecule has 0 saturated heterocycles. The Morgan fingerprint density at radius 3 is 1.70 bits per heavy atom. The van der Waals surface area contributed by atoms with Crippen molar-refractivity contribution < 1.29 is 34.2 Å². The minimum Gasteiger partial charge on any atom is -0.481 e. The lowest BCUT2D eigenvalue weighted by molar-refractivity contribution is -0.144. The van der Waals surface area contributed by atoms with Crippen molar-refractivity contribution in [3.8, 4) is 0 Å². The first-order valence-corrected chi connectivity index (χ1v) is 10.4. The minimum absolute atomic E-state index is 0.110. The maximum Gasteiger partial charge on any atom is 0.326 e. The largest absolute Gasteiger partial charge is 0.481 e. The number of hydrogen-bond donors (Lipinski definition) is 4. The summed E-state index contributed by atoms with van der Waals surface area (Å²) in [7, 11) is 0. The number of Topliss-reactive ketones (excluding diaryl/α,β-unsaturated/α-hetero) is 1. The van der Waals surface area contributed by atoms with Gasteiger partial charge in [0, 0.05) is 24.7 Å². The molecule has 0 saturated carbocycles. The van der Waals surface area contributed by atoms with E-state index in [0.717, 1.165) is 0 Å². The number of ketones is 1. The number of rotatable bonds is 14. The molecule has 0 heterocycles. The van der Waals surface area contributed by atoms with Crippen LogP contribution in [0, 0.1) is 23.7 Å². The summed E-state index contributed by atoms with van der Waals surface area (Å²) in [5, 5.41) is 23.4. The lowest BCUT2D eigenvalue weighted by atomic mass is 9.88. The van der Waals surface area contributed by atoms with Gasteiger partial charge in [0.2, 0.25) is 11.8 Å². The summed E-state index contributed by atoms with van der Waals surface area (Å²) in [5.74, 6) is -5.54. The molecule has 0 spiro atoms. The normalized spacial score (nSPS) is 15.2. The predicted molar refractivity (Wildman–Crippen MR) is 111 cm³/mol. The van der Waals surface area contributed by atoms with Gasteiger partial charge in [-0.05, 0) is 24.7 Å². The highest BCUT2D eigenvalue weighted by Crippen LogP contribution is 2.18. The van der Waals surface area contributed by atoms with E-state index in [2.05, 4.69) is 10.6 Å². The van der Waals surface area contributed by atoms with Gasteiger partial charge < -0.3 is 20.8 Å². The molecule has 0 bridgehead atoms. The number of nitrogens with one attached hydrogen (secondary N) is 2. The highest BCUT2D eigenvalue weighted by atomic mass is 16.4. The minimum atomic E-state index is -1.21. The Labute approximate surface area is 178 Å². The van der Waals surface area contributed by atoms with E-state index < -0.39 is 35.8 Å². The van der Waals surface area contributed by atoms with Gasteiger partial charge in [-0.25, -0.2) is 4.79 Å². The smallest absolute Gasteiger partial charge is 0.326 e. The third-order valence-corrected chi connectivity index (χ3v) is 5.13. The molecule has 172 valence electrons. The molecule has 0 unspecified atom stereocenters. The molecule has 0 aromatic heterocycles. The van der Waals surface area contributed by atoms with Gasteiger partial charge in [-0.2, -0.15) is 0 Å². The second-order valence-corrected chi connectivity index (χ2v) is 8.41. The molecule has 0 fully saturated rings. The molecule has 0 aliphatic heterocycles. The fourth-order valence-corrected chi connectivity index (χ4v) is 2.88. The Hall–Kier alpha value is -2.45. The molecule has 0 aliphatic carbocycles. The second kappa shape index (κ2) is 13.0. The molecule has 30 heavy (non-hydrogen) atoms. The molecule has 9 heteroatoms. The summed E-state index contributed by atoms with van der Waals surface area (Å²) >= 11 is 0. The number of carboxylic acid groups (broad SMARTS) is 2. The summed E-state index contributed by atoms with van der Waals surface area (Å²) in [6.45, 7) is 10.4. The van der Waals surface area contributed by atoms with Gasteiger partial charge in [-0.1, -0.05) is 41.5 Å². The first-order valence-electron chi connectivity index (χ1n) is 10.4. The van der Waals surface area contributed by atoms with Crippen LogP contribution in [0.15, 0.2) is 0 Å². The number of carbonyl (C=O) groups excluding carboxylic acids is 3. The van der Waals surface area contributed by atoms with E-state index in [4.69, 9.17) is 5.11 Å². The monoisotopic (exact) mass is 428 g/mol. The van der Waals surface area contributed by atoms with E-state index in [-0.39, 0.29) is 48.7 Å². The standard InChI is InChI=1S/C21H36N2O7/c1-7-13(6)19(27)22-17(11(2)3)15(24)10-14(8-9-16(25)26)20(28)23-18(12(4)5)21(29)30/h11-14,17-18H,7-10H2,1-6H3,(H,22,27)(H,23,28)(H,25,26)(H,29,30)/t13-,14-,17+,18+/m1/s1. The predicted octanol–water partition coefficient (Wildman–Crippen LogP) is 1.84. The Morgan fingerprint density at radius 2 is 1.30 bits per heavy atom. The molecule has 0 aromatic rings. The molecular weight excluding hydrogens is 392 g/mol. The zero-order chi connectivity index (χ0) is 23.6. The van der Waals surface area contributed by atoms with Crippen molar-refractivity contribution in [1.29, 1.82) is 0 Å².